The lowest BCUT2D eigenvalue weighted by Gasteiger charge is -2.22. The highest BCUT2D eigenvalue weighted by atomic mass is 16.5. The average molecular weight is 393 g/mol. The van der Waals surface area contributed by atoms with E-state index in [0.717, 1.165) is 35.5 Å². The average Bonchev–Trinajstić information content (AvgIpc) is 2.98. The van der Waals surface area contributed by atoms with Crippen molar-refractivity contribution in [1.82, 2.24) is 10.2 Å². The maximum atomic E-state index is 12.8. The minimum atomic E-state index is -0.416. The van der Waals surface area contributed by atoms with Crippen LogP contribution in [0.1, 0.15) is 30.5 Å². The number of rotatable bonds is 7. The smallest absolute Gasteiger partial charge is 0.329 e. The number of ether oxygens (including phenoxy) is 1. The van der Waals surface area contributed by atoms with Crippen LogP contribution in [0.2, 0.25) is 0 Å². The molecule has 0 bridgehead atoms. The second-order valence-electron chi connectivity index (χ2n) is 6.96. The van der Waals surface area contributed by atoms with Gasteiger partial charge in [0, 0.05) is 30.4 Å². The molecule has 152 valence electrons. The lowest BCUT2D eigenvalue weighted by Crippen LogP contribution is -2.30. The fourth-order valence-corrected chi connectivity index (χ4v) is 3.35. The predicted octanol–water partition coefficient (Wildman–Crippen LogP) is 3.94. The Morgan fingerprint density at radius 3 is 2.38 bits per heavy atom. The third-order valence-corrected chi connectivity index (χ3v) is 5.07. The molecule has 2 aromatic carbocycles. The number of imide groups is 1. The van der Waals surface area contributed by atoms with E-state index >= 15 is 0 Å². The van der Waals surface area contributed by atoms with E-state index in [1.807, 2.05) is 49.4 Å². The van der Waals surface area contributed by atoms with E-state index in [-0.39, 0.29) is 18.1 Å². The monoisotopic (exact) mass is 393 g/mol. The van der Waals surface area contributed by atoms with Crippen molar-refractivity contribution in [3.8, 4) is 5.75 Å². The Morgan fingerprint density at radius 1 is 1.07 bits per heavy atom. The van der Waals surface area contributed by atoms with Crippen LogP contribution in [0, 0.1) is 6.92 Å². The number of methoxy groups -OCH3 is 1. The van der Waals surface area contributed by atoms with Crippen LogP contribution in [0.4, 0.5) is 10.5 Å². The summed E-state index contributed by atoms with van der Waals surface area (Å²) in [6.07, 6.45) is 1.67. The molecule has 1 aliphatic rings. The number of urea groups is 1. The van der Waals surface area contributed by atoms with Crippen LogP contribution in [-0.4, -0.2) is 37.0 Å². The highest BCUT2D eigenvalue weighted by molar-refractivity contribution is 6.14. The molecular weight excluding hydrogens is 366 g/mol. The van der Waals surface area contributed by atoms with Gasteiger partial charge >= 0.3 is 6.03 Å². The molecule has 2 aromatic rings. The second-order valence-corrected chi connectivity index (χ2v) is 6.96. The molecule has 6 nitrogen and oxygen atoms in total. The molecule has 1 heterocycles. The standard InChI is InChI=1S/C23H27N3O3/c1-5-25(6-2)19-12-11-18(21(14-19)29-4)13-20-22(27)26(23(28)24-20)15-17-9-7-16(3)8-10-17/h7-14H,5-6,15H2,1-4H3,(H,24,28)/b20-13+. The number of carbonyl (C=O) groups is 2. The maximum absolute atomic E-state index is 12.8. The second kappa shape index (κ2) is 8.82. The maximum Gasteiger partial charge on any atom is 0.329 e. The van der Waals surface area contributed by atoms with Crippen molar-refractivity contribution in [3.05, 3.63) is 64.9 Å². The number of hydrogen-bond acceptors (Lipinski definition) is 4. The molecular formula is C23H27N3O3. The predicted molar refractivity (Wildman–Crippen MR) is 115 cm³/mol. The summed E-state index contributed by atoms with van der Waals surface area (Å²) in [6, 6.07) is 13.2. The van der Waals surface area contributed by atoms with E-state index in [1.54, 1.807) is 13.2 Å². The molecule has 1 aliphatic heterocycles. The van der Waals surface area contributed by atoms with Gasteiger partial charge in [0.15, 0.2) is 0 Å². The van der Waals surface area contributed by atoms with Crippen LogP contribution < -0.4 is 15.0 Å². The number of nitrogens with zero attached hydrogens (tertiary/aromatic N) is 2. The van der Waals surface area contributed by atoms with E-state index in [4.69, 9.17) is 4.74 Å². The van der Waals surface area contributed by atoms with Crippen LogP contribution in [0.3, 0.4) is 0 Å². The largest absolute Gasteiger partial charge is 0.496 e. The minimum absolute atomic E-state index is 0.236. The molecule has 1 saturated heterocycles. The van der Waals surface area contributed by atoms with Gasteiger partial charge in [-0.1, -0.05) is 29.8 Å². The van der Waals surface area contributed by atoms with Crippen LogP contribution in [0.5, 0.6) is 5.75 Å². The Morgan fingerprint density at radius 2 is 1.76 bits per heavy atom. The fourth-order valence-electron chi connectivity index (χ4n) is 3.35. The molecule has 0 spiro atoms. The van der Waals surface area contributed by atoms with Crippen LogP contribution in [0.15, 0.2) is 48.2 Å². The van der Waals surface area contributed by atoms with Crippen molar-refractivity contribution in [2.75, 3.05) is 25.1 Å². The van der Waals surface area contributed by atoms with Crippen LogP contribution >= 0.6 is 0 Å². The summed E-state index contributed by atoms with van der Waals surface area (Å²) in [4.78, 5) is 28.6. The number of hydrogen-bond donors (Lipinski definition) is 1. The number of anilines is 1. The summed E-state index contributed by atoms with van der Waals surface area (Å²) in [5.41, 5.74) is 4.07. The molecule has 0 saturated carbocycles. The van der Waals surface area contributed by atoms with E-state index in [9.17, 15) is 9.59 Å². The molecule has 1 N–H and O–H groups in total. The van der Waals surface area contributed by atoms with Crippen molar-refractivity contribution in [3.63, 3.8) is 0 Å². The van der Waals surface area contributed by atoms with Crippen molar-refractivity contribution < 1.29 is 14.3 Å². The van der Waals surface area contributed by atoms with Gasteiger partial charge in [0.1, 0.15) is 11.4 Å². The van der Waals surface area contributed by atoms with Crippen LogP contribution in [-0.2, 0) is 11.3 Å². The van der Waals surface area contributed by atoms with E-state index in [2.05, 4.69) is 24.1 Å². The van der Waals surface area contributed by atoms with Gasteiger partial charge in [-0.25, -0.2) is 4.79 Å². The Balaban J connectivity index is 1.84. The Labute approximate surface area is 171 Å². The normalized spacial score (nSPS) is 15.0. The molecule has 0 aliphatic carbocycles. The third-order valence-electron chi connectivity index (χ3n) is 5.07. The Kier molecular flexibility index (Phi) is 6.22. The SMILES string of the molecule is CCN(CC)c1ccc(/C=C2/NC(=O)N(Cc3ccc(C)cc3)C2=O)c(OC)c1. The summed E-state index contributed by atoms with van der Waals surface area (Å²) >= 11 is 0. The molecule has 0 unspecified atom stereocenters. The Bertz CT molecular complexity index is 931. The molecule has 0 atom stereocenters. The molecule has 1 fully saturated rings. The van der Waals surface area contributed by atoms with Crippen molar-refractivity contribution in [2.45, 2.75) is 27.3 Å². The zero-order valence-electron chi connectivity index (χ0n) is 17.4. The molecule has 0 radical (unpaired) electrons. The first-order chi connectivity index (χ1) is 14.0. The summed E-state index contributed by atoms with van der Waals surface area (Å²) < 4.78 is 5.52. The van der Waals surface area contributed by atoms with Gasteiger partial charge in [-0.05, 0) is 44.5 Å². The van der Waals surface area contributed by atoms with Gasteiger partial charge in [-0.2, -0.15) is 0 Å². The first-order valence-corrected chi connectivity index (χ1v) is 9.79. The number of benzene rings is 2. The quantitative estimate of drug-likeness (QED) is 0.572. The number of nitrogens with one attached hydrogen (secondary N) is 1. The first kappa shape index (κ1) is 20.5. The zero-order valence-corrected chi connectivity index (χ0v) is 17.4. The molecule has 3 rings (SSSR count). The van der Waals surface area contributed by atoms with Gasteiger partial charge in [0.05, 0.1) is 13.7 Å². The third kappa shape index (κ3) is 4.42. The highest BCUT2D eigenvalue weighted by Gasteiger charge is 2.33. The Hall–Kier alpha value is -3.28. The minimum Gasteiger partial charge on any atom is -0.496 e. The van der Waals surface area contributed by atoms with Crippen molar-refractivity contribution >= 4 is 23.7 Å². The zero-order chi connectivity index (χ0) is 21.0. The fraction of sp³-hybridized carbons (Fsp3) is 0.304. The molecule has 3 amide bonds. The molecule has 0 aromatic heterocycles. The van der Waals surface area contributed by atoms with Gasteiger partial charge in [-0.3, -0.25) is 9.69 Å². The van der Waals surface area contributed by atoms with Crippen molar-refractivity contribution in [1.29, 1.82) is 0 Å². The summed E-state index contributed by atoms with van der Waals surface area (Å²) in [6.45, 7) is 8.21. The van der Waals surface area contributed by atoms with E-state index < -0.39 is 6.03 Å². The molecule has 6 heteroatoms. The van der Waals surface area contributed by atoms with Gasteiger partial charge in [0.2, 0.25) is 0 Å². The number of amides is 3. The van der Waals surface area contributed by atoms with E-state index in [1.165, 1.54) is 4.90 Å². The topological polar surface area (TPSA) is 61.9 Å². The lowest BCUT2D eigenvalue weighted by molar-refractivity contribution is -0.123. The van der Waals surface area contributed by atoms with Gasteiger partial charge in [-0.15, -0.1) is 0 Å². The molecule has 29 heavy (non-hydrogen) atoms. The van der Waals surface area contributed by atoms with E-state index in [0.29, 0.717) is 5.75 Å². The summed E-state index contributed by atoms with van der Waals surface area (Å²) in [7, 11) is 1.60. The first-order valence-electron chi connectivity index (χ1n) is 9.79. The van der Waals surface area contributed by atoms with Gasteiger partial charge in [0.25, 0.3) is 5.91 Å². The summed E-state index contributed by atoms with van der Waals surface area (Å²) in [5, 5.41) is 2.68. The van der Waals surface area contributed by atoms with Crippen molar-refractivity contribution in [2.24, 2.45) is 0 Å². The number of aryl methyl sites for hydroxylation is 1. The number of carbonyl (C=O) groups excluding carboxylic acids is 2. The lowest BCUT2D eigenvalue weighted by atomic mass is 10.1. The summed E-state index contributed by atoms with van der Waals surface area (Å²) in [5.74, 6) is 0.311. The van der Waals surface area contributed by atoms with Gasteiger partial charge < -0.3 is 15.0 Å². The van der Waals surface area contributed by atoms with Crippen LogP contribution in [0.25, 0.3) is 6.08 Å². The highest BCUT2D eigenvalue weighted by Crippen LogP contribution is 2.28.